The van der Waals surface area contributed by atoms with Crippen LogP contribution in [-0.4, -0.2) is 29.8 Å². The molecule has 1 amide bonds. The van der Waals surface area contributed by atoms with E-state index < -0.39 is 11.7 Å². The van der Waals surface area contributed by atoms with Gasteiger partial charge in [0.2, 0.25) is 0 Å². The fraction of sp³-hybridized carbons (Fsp3) is 0.455. The molecule has 14 heteroatoms. The number of rotatable bonds is 9. The quantitative estimate of drug-likeness (QED) is 0.226. The third-order valence-electron chi connectivity index (χ3n) is 2.63. The summed E-state index contributed by atoms with van der Waals surface area (Å²) < 4.78 is 5.18. The van der Waals surface area contributed by atoms with Crippen molar-refractivity contribution in [3.05, 3.63) is 44.8 Å². The molecule has 0 spiro atoms. The van der Waals surface area contributed by atoms with Crippen molar-refractivity contribution in [3.8, 4) is 0 Å². The van der Waals surface area contributed by atoms with Crippen molar-refractivity contribution in [3.63, 3.8) is 0 Å². The summed E-state index contributed by atoms with van der Waals surface area (Å²) >= 11 is 0. The second-order valence-electron chi connectivity index (χ2n) is 4.73. The monoisotopic (exact) mass is 349 g/mol. The second-order valence-corrected chi connectivity index (χ2v) is 4.73. The van der Waals surface area contributed by atoms with Crippen molar-refractivity contribution in [2.75, 3.05) is 18.4 Å². The predicted molar refractivity (Wildman–Crippen MR) is 84.6 cm³/mol. The Bertz CT molecular complexity index is 689. The number of nitrogens with zero attached hydrogens (tertiary/aromatic N) is 9. The first-order chi connectivity index (χ1) is 12.0. The normalized spacial score (nSPS) is 12.4. The maximum atomic E-state index is 12.0. The molecule has 0 fully saturated rings. The molecule has 1 aromatic rings. The topological polar surface area (TPSA) is 209 Å². The van der Waals surface area contributed by atoms with Crippen LogP contribution in [0.2, 0.25) is 0 Å². The third kappa shape index (κ3) is 7.36. The highest BCUT2D eigenvalue weighted by molar-refractivity contribution is 5.83. The summed E-state index contributed by atoms with van der Waals surface area (Å²) in [5, 5.41) is 15.2. The number of hydrogen-bond acceptors (Lipinski definition) is 8. The molecule has 0 radical (unpaired) electrons. The number of amides is 1. The van der Waals surface area contributed by atoms with Gasteiger partial charge in [-0.1, -0.05) is 16.3 Å². The average molecular weight is 349 g/mol. The molecule has 132 valence electrons. The van der Waals surface area contributed by atoms with Gasteiger partial charge in [0.15, 0.2) is 6.61 Å². The molecule has 25 heavy (non-hydrogen) atoms. The zero-order valence-corrected chi connectivity index (χ0v) is 13.2. The molecular weight excluding hydrogens is 334 g/mol. The van der Waals surface area contributed by atoms with E-state index in [1.54, 1.807) is 12.1 Å². The fourth-order valence-corrected chi connectivity index (χ4v) is 1.59. The van der Waals surface area contributed by atoms with Crippen LogP contribution < -0.4 is 11.2 Å². The van der Waals surface area contributed by atoms with E-state index in [-0.39, 0.29) is 25.5 Å². The van der Waals surface area contributed by atoms with Gasteiger partial charge in [-0.3, -0.25) is 5.32 Å². The Morgan fingerprint density at radius 3 is 2.64 bits per heavy atom. The lowest BCUT2D eigenvalue weighted by molar-refractivity contribution is 0.0479. The van der Waals surface area contributed by atoms with E-state index in [1.807, 2.05) is 0 Å². The van der Waals surface area contributed by atoms with Gasteiger partial charge in [0.05, 0.1) is 18.8 Å². The minimum atomic E-state index is -1.30. The Kier molecular flexibility index (Phi) is 7.79. The number of hydrogen-bond donors (Lipinski definition) is 2. The summed E-state index contributed by atoms with van der Waals surface area (Å²) in [5.74, 6) is 4.98. The van der Waals surface area contributed by atoms with E-state index in [4.69, 9.17) is 26.5 Å². The lowest BCUT2D eigenvalue weighted by Gasteiger charge is -2.25. The van der Waals surface area contributed by atoms with Crippen molar-refractivity contribution in [2.24, 2.45) is 26.6 Å². The molecule has 0 aliphatic heterocycles. The first-order valence-electron chi connectivity index (χ1n) is 6.73. The highest BCUT2D eigenvalue weighted by atomic mass is 16.6. The second kappa shape index (κ2) is 10.1. The summed E-state index contributed by atoms with van der Waals surface area (Å²) in [4.78, 5) is 26.0. The van der Waals surface area contributed by atoms with E-state index in [1.165, 1.54) is 13.0 Å². The molecule has 0 bridgehead atoms. The van der Waals surface area contributed by atoms with Gasteiger partial charge in [-0.15, -0.1) is 0 Å². The number of aromatic nitrogens is 1. The van der Waals surface area contributed by atoms with E-state index in [0.717, 1.165) is 0 Å². The Balaban J connectivity index is 2.74. The van der Waals surface area contributed by atoms with Gasteiger partial charge in [0.1, 0.15) is 11.4 Å². The fourth-order valence-electron chi connectivity index (χ4n) is 1.59. The van der Waals surface area contributed by atoms with Gasteiger partial charge in [-0.25, -0.2) is 9.78 Å². The number of pyridine rings is 1. The standard InChI is InChI=1S/C11H15N11O3/c1-11(6-15-19-12,7-16-20-13)25-10(23)18-9-4-2-3-8(17-9)5-24-22-21-14/h2-4H,5-7H2,1H3,(H2,14,22)(H,17,18,23). The third-order valence-corrected chi connectivity index (χ3v) is 2.63. The molecule has 1 heterocycles. The minimum Gasteiger partial charge on any atom is -0.443 e. The van der Waals surface area contributed by atoms with Gasteiger partial charge in [0.25, 0.3) is 0 Å². The maximum absolute atomic E-state index is 12.0. The van der Waals surface area contributed by atoms with Crippen LogP contribution in [0.5, 0.6) is 0 Å². The first kappa shape index (κ1) is 19.3. The molecule has 0 saturated carbocycles. The average Bonchev–Trinajstić information content (AvgIpc) is 2.59. The van der Waals surface area contributed by atoms with Crippen molar-refractivity contribution in [1.29, 1.82) is 0 Å². The Morgan fingerprint density at radius 1 is 1.36 bits per heavy atom. The zero-order chi connectivity index (χ0) is 18.5. The number of carbonyl (C=O) groups is 1. The minimum absolute atomic E-state index is 0.00322. The van der Waals surface area contributed by atoms with Gasteiger partial charge < -0.3 is 15.4 Å². The molecule has 0 aromatic carbocycles. The van der Waals surface area contributed by atoms with E-state index in [9.17, 15) is 4.79 Å². The van der Waals surface area contributed by atoms with E-state index >= 15 is 0 Å². The van der Waals surface area contributed by atoms with Gasteiger partial charge >= 0.3 is 6.09 Å². The summed E-state index contributed by atoms with van der Waals surface area (Å²) in [6.07, 6.45) is -0.865. The van der Waals surface area contributed by atoms with E-state index in [0.29, 0.717) is 5.69 Å². The van der Waals surface area contributed by atoms with Crippen LogP contribution >= 0.6 is 0 Å². The molecule has 1 aromatic heterocycles. The van der Waals surface area contributed by atoms with Crippen LogP contribution in [0.1, 0.15) is 12.6 Å². The molecule has 14 nitrogen and oxygen atoms in total. The van der Waals surface area contributed by atoms with Gasteiger partial charge in [-0.2, -0.15) is 0 Å². The lowest BCUT2D eigenvalue weighted by atomic mass is 10.1. The van der Waals surface area contributed by atoms with Crippen LogP contribution in [-0.2, 0) is 16.2 Å². The maximum Gasteiger partial charge on any atom is 0.413 e. The predicted octanol–water partition coefficient (Wildman–Crippen LogP) is 2.77. The number of carbonyl (C=O) groups excluding carboxylic acids is 1. The van der Waals surface area contributed by atoms with Crippen molar-refractivity contribution >= 4 is 11.9 Å². The Hall–Kier alpha value is -3.76. The SMILES string of the molecule is CC(CN=[N+]=[N-])(CN=[N+]=[N-])OC(=O)Nc1cccc(CON=NN)n1. The Labute approximate surface area is 141 Å². The molecule has 0 aliphatic carbocycles. The summed E-state index contributed by atoms with van der Waals surface area (Å²) in [6, 6.07) is 4.78. The van der Waals surface area contributed by atoms with Gasteiger partial charge in [-0.05, 0) is 35.3 Å². The number of ether oxygens (including phenoxy) is 1. The molecule has 3 N–H and O–H groups in total. The first-order valence-corrected chi connectivity index (χ1v) is 6.73. The van der Waals surface area contributed by atoms with Crippen molar-refractivity contribution in [2.45, 2.75) is 19.1 Å². The number of anilines is 1. The number of azide groups is 2. The highest BCUT2D eigenvalue weighted by Gasteiger charge is 2.28. The summed E-state index contributed by atoms with van der Waals surface area (Å²) in [7, 11) is 0. The van der Waals surface area contributed by atoms with Crippen molar-refractivity contribution in [1.82, 2.24) is 4.98 Å². The molecule has 1 rings (SSSR count). The number of nitrogens with two attached hydrogens (primary N) is 1. The lowest BCUT2D eigenvalue weighted by Crippen LogP contribution is -2.39. The highest BCUT2D eigenvalue weighted by Crippen LogP contribution is 2.15. The summed E-state index contributed by atoms with van der Waals surface area (Å²) in [6.45, 7) is 1.05. The molecule has 0 unspecified atom stereocenters. The molecule has 0 aliphatic rings. The summed E-state index contributed by atoms with van der Waals surface area (Å²) in [5.41, 5.74) is 16.0. The zero-order valence-electron chi connectivity index (χ0n) is 13.2. The molecular formula is C11H15N11O3. The van der Waals surface area contributed by atoms with Crippen LogP contribution in [0.15, 0.2) is 38.9 Å². The molecule has 0 saturated heterocycles. The van der Waals surface area contributed by atoms with Crippen LogP contribution in [0.3, 0.4) is 0 Å². The number of nitrogens with one attached hydrogen (secondary N) is 1. The van der Waals surface area contributed by atoms with Crippen LogP contribution in [0.25, 0.3) is 20.9 Å². The van der Waals surface area contributed by atoms with Crippen LogP contribution in [0, 0.1) is 0 Å². The van der Waals surface area contributed by atoms with Gasteiger partial charge in [0, 0.05) is 15.1 Å². The van der Waals surface area contributed by atoms with Crippen LogP contribution in [0.4, 0.5) is 10.6 Å². The smallest absolute Gasteiger partial charge is 0.413 e. The van der Waals surface area contributed by atoms with Crippen molar-refractivity contribution < 1.29 is 14.4 Å². The Morgan fingerprint density at radius 2 is 2.04 bits per heavy atom. The largest absolute Gasteiger partial charge is 0.443 e. The van der Waals surface area contributed by atoms with E-state index in [2.05, 4.69) is 40.9 Å². The molecule has 0 atom stereocenters.